The Hall–Kier alpha value is -2.29. The second kappa shape index (κ2) is 8.75. The quantitative estimate of drug-likeness (QED) is 0.289. The summed E-state index contributed by atoms with van der Waals surface area (Å²) in [6.45, 7) is 5.93. The number of nitriles is 1. The van der Waals surface area contributed by atoms with Crippen LogP contribution in [0.3, 0.4) is 0 Å². The molecule has 1 heterocycles. The summed E-state index contributed by atoms with van der Waals surface area (Å²) in [6, 6.07) is 1.84. The summed E-state index contributed by atoms with van der Waals surface area (Å²) in [5, 5.41) is 14.3. The molecular weight excluding hydrogens is 256 g/mol. The first-order chi connectivity index (χ1) is 9.69. The average molecular weight is 276 g/mol. The highest BCUT2D eigenvalue weighted by atomic mass is 16.2. The zero-order valence-electron chi connectivity index (χ0n) is 11.5. The highest BCUT2D eigenvalue weighted by Crippen LogP contribution is 2.09. The molecule has 0 atom stereocenters. The van der Waals surface area contributed by atoms with Crippen LogP contribution in [-0.2, 0) is 9.59 Å². The largest absolute Gasteiger partial charge is 0.386 e. The smallest absolute Gasteiger partial charge is 0.263 e. The molecule has 0 unspecified atom stereocenters. The van der Waals surface area contributed by atoms with E-state index in [1.54, 1.807) is 11.0 Å². The van der Waals surface area contributed by atoms with Crippen molar-refractivity contribution in [1.29, 1.82) is 5.26 Å². The number of amides is 2. The molecule has 2 N–H and O–H groups in total. The first-order valence-corrected chi connectivity index (χ1v) is 6.69. The van der Waals surface area contributed by atoms with E-state index in [1.165, 1.54) is 6.20 Å². The van der Waals surface area contributed by atoms with Crippen LogP contribution in [-0.4, -0.2) is 42.9 Å². The van der Waals surface area contributed by atoms with Crippen molar-refractivity contribution in [1.82, 2.24) is 15.5 Å². The van der Waals surface area contributed by atoms with Crippen molar-refractivity contribution in [3.05, 3.63) is 24.4 Å². The third-order valence-corrected chi connectivity index (χ3v) is 2.94. The van der Waals surface area contributed by atoms with Crippen LogP contribution in [0, 0.1) is 11.3 Å². The van der Waals surface area contributed by atoms with Gasteiger partial charge in [0.25, 0.3) is 5.91 Å². The standard InChI is InChI=1S/C14H20N4O2/c1-2-6-16-11-12(10-15)14(20)17-7-4-9-18-8-3-5-13(18)19/h2,11,16H,1,3-9H2,(H,17,20)/b12-11-. The third kappa shape index (κ3) is 5.14. The van der Waals surface area contributed by atoms with Gasteiger partial charge in [0.1, 0.15) is 11.6 Å². The molecule has 0 radical (unpaired) electrons. The van der Waals surface area contributed by atoms with Crippen LogP contribution >= 0.6 is 0 Å². The number of likely N-dealkylation sites (tertiary alicyclic amines) is 1. The summed E-state index contributed by atoms with van der Waals surface area (Å²) in [4.78, 5) is 24.9. The van der Waals surface area contributed by atoms with Crippen molar-refractivity contribution in [2.24, 2.45) is 0 Å². The lowest BCUT2D eigenvalue weighted by Gasteiger charge is -2.15. The van der Waals surface area contributed by atoms with Gasteiger partial charge in [-0.1, -0.05) is 6.08 Å². The molecule has 1 aliphatic rings. The third-order valence-electron chi connectivity index (χ3n) is 2.94. The Morgan fingerprint density at radius 1 is 1.55 bits per heavy atom. The zero-order valence-corrected chi connectivity index (χ0v) is 11.5. The van der Waals surface area contributed by atoms with Crippen LogP contribution in [0.2, 0.25) is 0 Å². The molecule has 1 aliphatic heterocycles. The van der Waals surface area contributed by atoms with Gasteiger partial charge in [0.05, 0.1) is 0 Å². The Labute approximate surface area is 119 Å². The normalized spacial score (nSPS) is 14.8. The van der Waals surface area contributed by atoms with Gasteiger partial charge in [-0.3, -0.25) is 9.59 Å². The van der Waals surface area contributed by atoms with E-state index in [0.717, 1.165) is 13.0 Å². The van der Waals surface area contributed by atoms with Gasteiger partial charge < -0.3 is 15.5 Å². The summed E-state index contributed by atoms with van der Waals surface area (Å²) in [5.41, 5.74) is 0.0316. The van der Waals surface area contributed by atoms with E-state index in [-0.39, 0.29) is 11.5 Å². The number of hydrogen-bond donors (Lipinski definition) is 2. The number of carbonyl (C=O) groups excluding carboxylic acids is 2. The van der Waals surface area contributed by atoms with Gasteiger partial charge in [-0.05, 0) is 12.8 Å². The predicted molar refractivity (Wildman–Crippen MR) is 75.3 cm³/mol. The second-order valence-corrected chi connectivity index (χ2v) is 4.46. The van der Waals surface area contributed by atoms with Gasteiger partial charge in [-0.25, -0.2) is 0 Å². The van der Waals surface area contributed by atoms with Gasteiger partial charge in [0, 0.05) is 38.8 Å². The molecule has 1 fully saturated rings. The van der Waals surface area contributed by atoms with E-state index in [9.17, 15) is 9.59 Å². The van der Waals surface area contributed by atoms with Crippen molar-refractivity contribution < 1.29 is 9.59 Å². The topological polar surface area (TPSA) is 85.2 Å². The maximum Gasteiger partial charge on any atom is 0.263 e. The minimum Gasteiger partial charge on any atom is -0.386 e. The summed E-state index contributed by atoms with van der Waals surface area (Å²) in [6.07, 6.45) is 5.25. The maximum atomic E-state index is 11.7. The number of hydrogen-bond acceptors (Lipinski definition) is 4. The monoisotopic (exact) mass is 276 g/mol. The average Bonchev–Trinajstić information content (AvgIpc) is 2.85. The van der Waals surface area contributed by atoms with Crippen molar-refractivity contribution in [3.63, 3.8) is 0 Å². The van der Waals surface area contributed by atoms with Gasteiger partial charge in [0.2, 0.25) is 5.91 Å². The fourth-order valence-corrected chi connectivity index (χ4v) is 1.90. The minimum atomic E-state index is -0.406. The van der Waals surface area contributed by atoms with Gasteiger partial charge >= 0.3 is 0 Å². The molecule has 2 amide bonds. The van der Waals surface area contributed by atoms with Crippen LogP contribution in [0.1, 0.15) is 19.3 Å². The van der Waals surface area contributed by atoms with Crippen LogP contribution in [0.15, 0.2) is 24.4 Å². The van der Waals surface area contributed by atoms with Gasteiger partial charge in [-0.2, -0.15) is 5.26 Å². The molecule has 0 aromatic rings. The summed E-state index contributed by atoms with van der Waals surface area (Å²) >= 11 is 0. The molecule has 0 saturated carbocycles. The Morgan fingerprint density at radius 2 is 2.35 bits per heavy atom. The SMILES string of the molecule is C=CCN/C=C(/C#N)C(=O)NCCCN1CCCC1=O. The van der Waals surface area contributed by atoms with Crippen molar-refractivity contribution in [3.8, 4) is 6.07 Å². The molecule has 0 aromatic heterocycles. The van der Waals surface area contributed by atoms with Crippen molar-refractivity contribution in [2.45, 2.75) is 19.3 Å². The highest BCUT2D eigenvalue weighted by Gasteiger charge is 2.19. The Morgan fingerprint density at radius 3 is 2.95 bits per heavy atom. The molecule has 0 aromatic carbocycles. The molecule has 0 aliphatic carbocycles. The van der Waals surface area contributed by atoms with Gasteiger partial charge in [0.15, 0.2) is 0 Å². The maximum absolute atomic E-state index is 11.7. The molecule has 0 bridgehead atoms. The summed E-state index contributed by atoms with van der Waals surface area (Å²) < 4.78 is 0. The Bertz CT molecular complexity index is 437. The van der Waals surface area contributed by atoms with Crippen LogP contribution < -0.4 is 10.6 Å². The summed E-state index contributed by atoms with van der Waals surface area (Å²) in [5.74, 6) is -0.223. The Balaban J connectivity index is 2.24. The Kier molecular flexibility index (Phi) is 6.90. The molecule has 1 rings (SSSR count). The molecule has 0 spiro atoms. The van der Waals surface area contributed by atoms with E-state index in [0.29, 0.717) is 32.5 Å². The van der Waals surface area contributed by atoms with E-state index in [4.69, 9.17) is 5.26 Å². The predicted octanol–water partition coefficient (Wildman–Crippen LogP) is 0.298. The number of carbonyl (C=O) groups is 2. The van der Waals surface area contributed by atoms with E-state index in [1.807, 2.05) is 6.07 Å². The number of rotatable bonds is 8. The van der Waals surface area contributed by atoms with E-state index in [2.05, 4.69) is 17.2 Å². The second-order valence-electron chi connectivity index (χ2n) is 4.46. The lowest BCUT2D eigenvalue weighted by Crippen LogP contribution is -2.31. The van der Waals surface area contributed by atoms with Crippen molar-refractivity contribution >= 4 is 11.8 Å². The molecule has 20 heavy (non-hydrogen) atoms. The highest BCUT2D eigenvalue weighted by molar-refractivity contribution is 5.97. The first kappa shape index (κ1) is 15.8. The van der Waals surface area contributed by atoms with Crippen LogP contribution in [0.4, 0.5) is 0 Å². The lowest BCUT2D eigenvalue weighted by atomic mass is 10.3. The van der Waals surface area contributed by atoms with E-state index >= 15 is 0 Å². The molecule has 6 heteroatoms. The number of nitrogens with one attached hydrogen (secondary N) is 2. The van der Waals surface area contributed by atoms with E-state index < -0.39 is 5.91 Å². The fraction of sp³-hybridized carbons (Fsp3) is 0.500. The lowest BCUT2D eigenvalue weighted by molar-refractivity contribution is -0.127. The fourth-order valence-electron chi connectivity index (χ4n) is 1.90. The van der Waals surface area contributed by atoms with Crippen LogP contribution in [0.25, 0.3) is 0 Å². The van der Waals surface area contributed by atoms with Crippen molar-refractivity contribution in [2.75, 3.05) is 26.2 Å². The minimum absolute atomic E-state index is 0.0316. The van der Waals surface area contributed by atoms with Crippen LogP contribution in [0.5, 0.6) is 0 Å². The molecule has 6 nitrogen and oxygen atoms in total. The number of nitrogens with zero attached hydrogens (tertiary/aromatic N) is 2. The molecule has 108 valence electrons. The molecular formula is C14H20N4O2. The summed E-state index contributed by atoms with van der Waals surface area (Å²) in [7, 11) is 0. The first-order valence-electron chi connectivity index (χ1n) is 6.69. The van der Waals surface area contributed by atoms with Gasteiger partial charge in [-0.15, -0.1) is 6.58 Å². The zero-order chi connectivity index (χ0) is 14.8. The molecule has 1 saturated heterocycles.